The van der Waals surface area contributed by atoms with Crippen molar-refractivity contribution in [3.63, 3.8) is 0 Å². The Morgan fingerprint density at radius 2 is 2.04 bits per heavy atom. The lowest BCUT2D eigenvalue weighted by Crippen LogP contribution is -2.45. The van der Waals surface area contributed by atoms with Crippen molar-refractivity contribution in [1.29, 1.82) is 0 Å². The summed E-state index contributed by atoms with van der Waals surface area (Å²) in [5, 5.41) is 0.585. The van der Waals surface area contributed by atoms with Crippen LogP contribution in [-0.4, -0.2) is 39.7 Å². The van der Waals surface area contributed by atoms with Gasteiger partial charge in [0.2, 0.25) is 11.2 Å². The van der Waals surface area contributed by atoms with Gasteiger partial charge in [0.25, 0.3) is 0 Å². The van der Waals surface area contributed by atoms with E-state index in [1.165, 1.54) is 0 Å². The van der Waals surface area contributed by atoms with Crippen LogP contribution in [0.25, 0.3) is 12.0 Å². The first-order valence-electron chi connectivity index (χ1n) is 7.85. The lowest BCUT2D eigenvalue weighted by molar-refractivity contribution is 0.430. The van der Waals surface area contributed by atoms with Gasteiger partial charge in [-0.1, -0.05) is 18.9 Å². The summed E-state index contributed by atoms with van der Waals surface area (Å²) in [6.07, 6.45) is 4.89. The van der Waals surface area contributed by atoms with E-state index in [1.807, 2.05) is 4.90 Å². The van der Waals surface area contributed by atoms with Gasteiger partial charge >= 0.3 is 0 Å². The predicted molar refractivity (Wildman–Crippen MR) is 85.8 cm³/mol. The number of nitrogens with zero attached hydrogens (tertiary/aromatic N) is 4. The Bertz CT molecular complexity index is 757. The van der Waals surface area contributed by atoms with Gasteiger partial charge in [-0.05, 0) is 24.4 Å². The van der Waals surface area contributed by atoms with E-state index in [4.69, 9.17) is 23.4 Å². The van der Waals surface area contributed by atoms with Crippen LogP contribution in [0.5, 0.6) is 0 Å². The molecule has 1 aromatic rings. The van der Waals surface area contributed by atoms with E-state index < -0.39 is 12.1 Å². The van der Waals surface area contributed by atoms with E-state index in [0.29, 0.717) is 17.6 Å². The van der Waals surface area contributed by atoms with Gasteiger partial charge in [0.15, 0.2) is 0 Å². The molecule has 8 heteroatoms. The quantitative estimate of drug-likeness (QED) is 0.436. The monoisotopic (exact) mass is 360 g/mol. The Labute approximate surface area is 142 Å². The molecule has 2 fully saturated rings. The normalized spacial score (nSPS) is 30.1. The molecule has 2 aliphatic heterocycles. The van der Waals surface area contributed by atoms with Gasteiger partial charge in [-0.2, -0.15) is 9.37 Å². The lowest BCUT2D eigenvalue weighted by atomic mass is 10.1. The number of anilines is 1. The molecule has 0 spiro atoms. The molecule has 0 unspecified atom stereocenters. The highest BCUT2D eigenvalue weighted by atomic mass is 35.5. The van der Waals surface area contributed by atoms with Gasteiger partial charge in [-0.15, -0.1) is 0 Å². The summed E-state index contributed by atoms with van der Waals surface area (Å²) in [5.74, 6) is -0.0792. The first-order valence-corrected chi connectivity index (χ1v) is 8.57. The van der Waals surface area contributed by atoms with E-state index in [-0.39, 0.29) is 29.1 Å². The van der Waals surface area contributed by atoms with Crippen LogP contribution < -0.4 is 15.5 Å². The van der Waals surface area contributed by atoms with Gasteiger partial charge in [0.05, 0.1) is 12.6 Å². The van der Waals surface area contributed by atoms with Crippen LogP contribution in [-0.2, 0) is 0 Å². The largest absolute Gasteiger partial charge is 0.350 e. The highest BCUT2D eigenvalue weighted by Crippen LogP contribution is 2.45. The van der Waals surface area contributed by atoms with Gasteiger partial charge in [-0.3, -0.25) is 4.42 Å². The summed E-state index contributed by atoms with van der Waals surface area (Å²) in [6, 6.07) is -0.184. The minimum atomic E-state index is -0.848. The second-order valence-electron chi connectivity index (χ2n) is 6.26. The predicted octanol–water partition coefficient (Wildman–Crippen LogP) is 2.13. The molecular formula is C15H16Cl2F2N4. The average molecular weight is 361 g/mol. The minimum absolute atomic E-state index is 0.0432. The van der Waals surface area contributed by atoms with E-state index >= 15 is 0 Å². The number of rotatable bonds is 1. The zero-order valence-electron chi connectivity index (χ0n) is 12.4. The smallest absolute Gasteiger partial charge is 0.231 e. The third-order valence-electron chi connectivity index (χ3n) is 4.86. The summed E-state index contributed by atoms with van der Waals surface area (Å²) in [4.78, 5) is 10.2. The molecule has 0 bridgehead atoms. The molecule has 0 aromatic carbocycles. The Balaban J connectivity index is 1.85. The summed E-state index contributed by atoms with van der Waals surface area (Å²) in [6.45, 7) is 0.904. The van der Waals surface area contributed by atoms with Gasteiger partial charge < -0.3 is 4.90 Å². The molecule has 0 radical (unpaired) electrons. The van der Waals surface area contributed by atoms with Crippen molar-refractivity contribution in [1.82, 2.24) is 14.4 Å². The number of halogens is 4. The molecule has 0 amide bonds. The average Bonchev–Trinajstić information content (AvgIpc) is 3.11. The minimum Gasteiger partial charge on any atom is -0.350 e. The highest BCUT2D eigenvalue weighted by molar-refractivity contribution is 6.28. The van der Waals surface area contributed by atoms with Crippen LogP contribution in [0.1, 0.15) is 25.7 Å². The molecule has 23 heavy (non-hydrogen) atoms. The van der Waals surface area contributed by atoms with Crippen molar-refractivity contribution in [3.05, 3.63) is 15.9 Å². The molecule has 0 N–H and O–H groups in total. The van der Waals surface area contributed by atoms with E-state index in [1.54, 1.807) is 6.08 Å². The molecule has 3 aliphatic rings. The number of aromatic nitrogens is 2. The molecule has 3 heterocycles. The van der Waals surface area contributed by atoms with Crippen LogP contribution in [0.3, 0.4) is 0 Å². The molecule has 1 saturated carbocycles. The molecule has 1 aromatic heterocycles. The van der Waals surface area contributed by atoms with Crippen molar-refractivity contribution in [2.45, 2.75) is 37.9 Å². The Kier molecular flexibility index (Phi) is 3.84. The maximum Gasteiger partial charge on any atom is 0.231 e. The van der Waals surface area contributed by atoms with Crippen molar-refractivity contribution in [3.8, 4) is 0 Å². The van der Waals surface area contributed by atoms with Gasteiger partial charge in [-0.25, -0.2) is 9.37 Å². The molecule has 4 nitrogen and oxygen atoms in total. The molecule has 3 atom stereocenters. The zero-order chi connectivity index (χ0) is 16.1. The fraction of sp³-hybridized carbons (Fsp3) is 0.600. The van der Waals surface area contributed by atoms with Gasteiger partial charge in [0.1, 0.15) is 17.3 Å². The molecule has 4 rings (SSSR count). The third kappa shape index (κ3) is 2.56. The number of hydrogen-bond donors (Lipinski definition) is 0. The molecular weight excluding hydrogens is 345 g/mol. The van der Waals surface area contributed by atoms with Crippen LogP contribution in [0, 0.1) is 5.92 Å². The van der Waals surface area contributed by atoms with Crippen LogP contribution in [0.2, 0.25) is 5.28 Å². The number of fused-ring (bicyclic) bond motifs is 2. The standard InChI is InChI=1S/C15H16Cl2F2N4/c16-15-20-11-9(5-7-23(17)13(11)19)14(21-15)22-6-3-1-2-4-8-10(18)12(8)22/h5,8,10,12H,1-4,6-7H2/t8-,10-,12-/m0/s1. The van der Waals surface area contributed by atoms with E-state index in [0.717, 1.165) is 30.1 Å². The molecule has 1 aliphatic carbocycles. The van der Waals surface area contributed by atoms with Crippen molar-refractivity contribution < 1.29 is 8.78 Å². The SMILES string of the molecule is FC1=c2nc(Cl)nc(N3CCCCC[C@H]4[C@H](F)[C@H]43)c2=CCN1Cl. The van der Waals surface area contributed by atoms with E-state index in [9.17, 15) is 8.78 Å². The zero-order valence-corrected chi connectivity index (χ0v) is 13.9. The summed E-state index contributed by atoms with van der Waals surface area (Å²) in [7, 11) is 0. The molecule has 1 saturated heterocycles. The van der Waals surface area contributed by atoms with Crippen LogP contribution in [0.15, 0.2) is 0 Å². The van der Waals surface area contributed by atoms with Crippen molar-refractivity contribution in [2.24, 2.45) is 5.92 Å². The Morgan fingerprint density at radius 1 is 1.22 bits per heavy atom. The number of hydrogen-bond acceptors (Lipinski definition) is 4. The van der Waals surface area contributed by atoms with Crippen LogP contribution in [0.4, 0.5) is 14.6 Å². The second-order valence-corrected chi connectivity index (χ2v) is 7.01. The van der Waals surface area contributed by atoms with Crippen LogP contribution >= 0.6 is 23.4 Å². The Morgan fingerprint density at radius 3 is 2.87 bits per heavy atom. The first kappa shape index (κ1) is 15.4. The highest BCUT2D eigenvalue weighted by Gasteiger charge is 2.55. The fourth-order valence-corrected chi connectivity index (χ4v) is 3.96. The second kappa shape index (κ2) is 5.74. The number of alkyl halides is 1. The topological polar surface area (TPSA) is 32.3 Å². The maximum atomic E-state index is 14.3. The summed E-state index contributed by atoms with van der Waals surface area (Å²) >= 11 is 11.8. The third-order valence-corrected chi connectivity index (χ3v) is 5.32. The maximum absolute atomic E-state index is 14.3. The fourth-order valence-electron chi connectivity index (χ4n) is 3.64. The lowest BCUT2D eigenvalue weighted by Gasteiger charge is -2.27. The summed E-state index contributed by atoms with van der Waals surface area (Å²) < 4.78 is 29.4. The van der Waals surface area contributed by atoms with Crippen molar-refractivity contribution in [2.75, 3.05) is 18.0 Å². The Hall–Kier alpha value is -1.14. The van der Waals surface area contributed by atoms with Crippen molar-refractivity contribution >= 4 is 41.2 Å². The summed E-state index contributed by atoms with van der Waals surface area (Å²) in [5.41, 5.74) is 0. The van der Waals surface area contributed by atoms with Gasteiger partial charge in [0, 0.05) is 29.5 Å². The van der Waals surface area contributed by atoms with E-state index in [2.05, 4.69) is 9.97 Å². The first-order chi connectivity index (χ1) is 11.1. The molecule has 124 valence electrons.